The monoisotopic (exact) mass is 255 g/mol. The van der Waals surface area contributed by atoms with Gasteiger partial charge in [-0.05, 0) is 26.0 Å². The number of hydrogen-bond donors (Lipinski definition) is 1. The van der Waals surface area contributed by atoms with E-state index in [1.807, 2.05) is 0 Å². The lowest BCUT2D eigenvalue weighted by atomic mass is 10.1. The number of nitrogens with zero attached hydrogens (tertiary/aromatic N) is 1. The van der Waals surface area contributed by atoms with Crippen molar-refractivity contribution < 1.29 is 18.7 Å². The number of carboxylic acid groups (broad SMARTS) is 1. The van der Waals surface area contributed by atoms with Gasteiger partial charge < -0.3 is 10.0 Å². The molecule has 2 rings (SSSR count). The largest absolute Gasteiger partial charge is 0.481 e. The molecule has 1 fully saturated rings. The minimum atomic E-state index is -0.797. The highest BCUT2D eigenvalue weighted by atomic mass is 19.1. The Kier molecular flexibility index (Phi) is 3.34. The number of benzene rings is 1. The molecule has 0 atom stereocenters. The van der Waals surface area contributed by atoms with Crippen molar-refractivity contribution in [1.82, 2.24) is 4.90 Å². The van der Waals surface area contributed by atoms with Crippen LogP contribution in [0.25, 0.3) is 0 Å². The Labute approximate surface area is 104 Å². The van der Waals surface area contributed by atoms with Crippen LogP contribution in [0.15, 0.2) is 18.2 Å². The Bertz CT molecular complexity index is 472. The molecule has 5 heteroatoms. The second kappa shape index (κ2) is 4.65. The molecular formula is C13H15F2NO2. The highest BCUT2D eigenvalue weighted by Gasteiger charge is 2.50. The number of halogens is 2. The average Bonchev–Trinajstić information content (AvgIpc) is 3.03. The number of carboxylic acids is 1. The molecular weight excluding hydrogens is 240 g/mol. The average molecular weight is 255 g/mol. The first-order valence-electron chi connectivity index (χ1n) is 5.79. The molecule has 1 aliphatic carbocycles. The summed E-state index contributed by atoms with van der Waals surface area (Å²) in [6, 6.07) is 3.44. The molecule has 18 heavy (non-hydrogen) atoms. The van der Waals surface area contributed by atoms with E-state index in [2.05, 4.69) is 0 Å². The van der Waals surface area contributed by atoms with Crippen LogP contribution in [0.2, 0.25) is 0 Å². The van der Waals surface area contributed by atoms with Gasteiger partial charge in [-0.15, -0.1) is 0 Å². The van der Waals surface area contributed by atoms with Gasteiger partial charge in [0, 0.05) is 24.7 Å². The van der Waals surface area contributed by atoms with E-state index in [1.165, 1.54) is 12.1 Å². The lowest BCUT2D eigenvalue weighted by Crippen LogP contribution is -2.31. The van der Waals surface area contributed by atoms with Crippen LogP contribution in [0.1, 0.15) is 18.4 Å². The Hall–Kier alpha value is -1.49. The Morgan fingerprint density at radius 1 is 1.44 bits per heavy atom. The van der Waals surface area contributed by atoms with Crippen molar-refractivity contribution >= 4 is 5.97 Å². The molecule has 3 nitrogen and oxygen atoms in total. The van der Waals surface area contributed by atoms with Gasteiger partial charge in [0.25, 0.3) is 0 Å². The molecule has 1 aromatic rings. The van der Waals surface area contributed by atoms with Crippen LogP contribution in [-0.4, -0.2) is 29.6 Å². The van der Waals surface area contributed by atoms with Gasteiger partial charge in [-0.1, -0.05) is 6.07 Å². The zero-order valence-corrected chi connectivity index (χ0v) is 10.1. The van der Waals surface area contributed by atoms with Crippen LogP contribution in [0.4, 0.5) is 8.78 Å². The Morgan fingerprint density at radius 2 is 2.11 bits per heavy atom. The third-order valence-corrected chi connectivity index (χ3v) is 3.34. The lowest BCUT2D eigenvalue weighted by Gasteiger charge is -2.21. The van der Waals surface area contributed by atoms with E-state index in [0.29, 0.717) is 24.9 Å². The van der Waals surface area contributed by atoms with Gasteiger partial charge in [0.2, 0.25) is 0 Å². The van der Waals surface area contributed by atoms with Crippen molar-refractivity contribution in [3.05, 3.63) is 35.4 Å². The summed E-state index contributed by atoms with van der Waals surface area (Å²) in [5.74, 6) is -2.00. The molecule has 1 aliphatic rings. The molecule has 0 aromatic heterocycles. The molecule has 0 spiro atoms. The fraction of sp³-hybridized carbons (Fsp3) is 0.462. The van der Waals surface area contributed by atoms with Gasteiger partial charge >= 0.3 is 5.97 Å². The van der Waals surface area contributed by atoms with Crippen molar-refractivity contribution in [2.45, 2.75) is 19.4 Å². The quantitative estimate of drug-likeness (QED) is 0.877. The first-order chi connectivity index (χ1) is 8.43. The maximum absolute atomic E-state index is 13.4. The summed E-state index contributed by atoms with van der Waals surface area (Å²) in [6.45, 7) is 0.667. The highest BCUT2D eigenvalue weighted by molar-refractivity contribution is 5.78. The topological polar surface area (TPSA) is 40.5 Å². The fourth-order valence-electron chi connectivity index (χ4n) is 2.10. The maximum atomic E-state index is 13.4. The van der Waals surface area contributed by atoms with E-state index >= 15 is 0 Å². The van der Waals surface area contributed by atoms with E-state index in [1.54, 1.807) is 11.9 Å². The van der Waals surface area contributed by atoms with Crippen molar-refractivity contribution in [3.63, 3.8) is 0 Å². The zero-order valence-electron chi connectivity index (χ0n) is 10.1. The summed E-state index contributed by atoms with van der Waals surface area (Å²) in [5, 5.41) is 9.06. The van der Waals surface area contributed by atoms with E-state index < -0.39 is 23.0 Å². The van der Waals surface area contributed by atoms with E-state index in [9.17, 15) is 13.6 Å². The summed E-state index contributed by atoms with van der Waals surface area (Å²) in [5.41, 5.74) is -0.286. The summed E-state index contributed by atoms with van der Waals surface area (Å²) in [4.78, 5) is 12.8. The first-order valence-corrected chi connectivity index (χ1v) is 5.79. The first kappa shape index (κ1) is 13.0. The van der Waals surface area contributed by atoms with E-state index in [0.717, 1.165) is 6.07 Å². The molecule has 1 saturated carbocycles. The number of rotatable bonds is 5. The number of carbonyl (C=O) groups is 1. The normalized spacial score (nSPS) is 16.9. The van der Waals surface area contributed by atoms with Gasteiger partial charge in [0.1, 0.15) is 11.6 Å². The van der Waals surface area contributed by atoms with Crippen LogP contribution in [0, 0.1) is 17.0 Å². The molecule has 0 aliphatic heterocycles. The third-order valence-electron chi connectivity index (χ3n) is 3.34. The number of hydrogen-bond acceptors (Lipinski definition) is 2. The summed E-state index contributed by atoms with van der Waals surface area (Å²) in [7, 11) is 1.74. The van der Waals surface area contributed by atoms with Gasteiger partial charge in [-0.2, -0.15) is 0 Å². The Balaban J connectivity index is 1.99. The van der Waals surface area contributed by atoms with Crippen LogP contribution in [0.5, 0.6) is 0 Å². The zero-order chi connectivity index (χ0) is 13.3. The standard InChI is InChI=1S/C13H15F2NO2/c1-16(8-13(4-5-13)12(17)18)7-9-2-3-10(14)6-11(9)15/h2-3,6H,4-5,7-8H2,1H3,(H,17,18). The van der Waals surface area contributed by atoms with Crippen LogP contribution in [-0.2, 0) is 11.3 Å². The van der Waals surface area contributed by atoms with Crippen molar-refractivity contribution in [1.29, 1.82) is 0 Å². The fourth-order valence-corrected chi connectivity index (χ4v) is 2.10. The lowest BCUT2D eigenvalue weighted by molar-refractivity contribution is -0.144. The number of aliphatic carboxylic acids is 1. The summed E-state index contributed by atoms with van der Waals surface area (Å²) in [6.07, 6.45) is 1.33. The predicted octanol–water partition coefficient (Wildman–Crippen LogP) is 2.26. The third kappa shape index (κ3) is 2.67. The van der Waals surface area contributed by atoms with Crippen LogP contribution in [0.3, 0.4) is 0 Å². The van der Waals surface area contributed by atoms with E-state index in [4.69, 9.17) is 5.11 Å². The van der Waals surface area contributed by atoms with Gasteiger partial charge in [-0.25, -0.2) is 8.78 Å². The van der Waals surface area contributed by atoms with Gasteiger partial charge in [0.15, 0.2) is 0 Å². The molecule has 1 N–H and O–H groups in total. The minimum absolute atomic E-state index is 0.279. The molecule has 1 aromatic carbocycles. The van der Waals surface area contributed by atoms with Crippen molar-refractivity contribution in [2.24, 2.45) is 5.41 Å². The van der Waals surface area contributed by atoms with Crippen molar-refractivity contribution in [3.8, 4) is 0 Å². The smallest absolute Gasteiger partial charge is 0.310 e. The summed E-state index contributed by atoms with van der Waals surface area (Å²) >= 11 is 0. The molecule has 0 saturated heterocycles. The van der Waals surface area contributed by atoms with Crippen molar-refractivity contribution in [2.75, 3.05) is 13.6 Å². The maximum Gasteiger partial charge on any atom is 0.310 e. The molecule has 0 bridgehead atoms. The SMILES string of the molecule is CN(Cc1ccc(F)cc1F)CC1(C(=O)O)CC1. The molecule has 0 radical (unpaired) electrons. The second-order valence-corrected chi connectivity index (χ2v) is 4.99. The highest BCUT2D eigenvalue weighted by Crippen LogP contribution is 2.46. The van der Waals surface area contributed by atoms with Crippen LogP contribution < -0.4 is 0 Å². The molecule has 0 amide bonds. The Morgan fingerprint density at radius 3 is 2.61 bits per heavy atom. The minimum Gasteiger partial charge on any atom is -0.481 e. The molecule has 98 valence electrons. The predicted molar refractivity (Wildman–Crippen MR) is 62.0 cm³/mol. The molecule has 0 heterocycles. The molecule has 0 unspecified atom stereocenters. The van der Waals surface area contributed by atoms with E-state index in [-0.39, 0.29) is 6.54 Å². The van der Waals surface area contributed by atoms with Crippen LogP contribution >= 0.6 is 0 Å². The second-order valence-electron chi connectivity index (χ2n) is 4.99. The van der Waals surface area contributed by atoms with Gasteiger partial charge in [0.05, 0.1) is 5.41 Å². The summed E-state index contributed by atoms with van der Waals surface area (Å²) < 4.78 is 26.2. The van der Waals surface area contributed by atoms with Gasteiger partial charge in [-0.3, -0.25) is 4.79 Å².